The summed E-state index contributed by atoms with van der Waals surface area (Å²) in [5.41, 5.74) is 1.06. The van der Waals surface area contributed by atoms with Crippen LogP contribution in [-0.2, 0) is 9.84 Å². The highest BCUT2D eigenvalue weighted by molar-refractivity contribution is 7.91. The minimum absolute atomic E-state index is 0.0499. The van der Waals surface area contributed by atoms with Gasteiger partial charge in [0.2, 0.25) is 9.84 Å². The Morgan fingerprint density at radius 2 is 1.48 bits per heavy atom. The van der Waals surface area contributed by atoms with Gasteiger partial charge in [-0.1, -0.05) is 12.1 Å². The van der Waals surface area contributed by atoms with Crippen molar-refractivity contribution in [1.82, 2.24) is 4.98 Å². The molecular weight excluding hydrogens is 424 g/mol. The van der Waals surface area contributed by atoms with Crippen LogP contribution in [0.2, 0.25) is 0 Å². The standard InChI is InChI=1S/C23H17F2NO4S/c1-29-20-10-8-17(12-21(20)30-2)31(27,28)22-13-26-19-9-7-16(25)11-18(19)23(22)14-3-5-15(24)6-4-14/h3-13H,1-2H3. The van der Waals surface area contributed by atoms with Crippen LogP contribution in [0.15, 0.2) is 76.7 Å². The Kier molecular flexibility index (Phi) is 5.32. The fraction of sp³-hybridized carbons (Fsp3) is 0.0870. The number of sulfone groups is 1. The van der Waals surface area contributed by atoms with Crippen molar-refractivity contribution in [3.8, 4) is 22.6 Å². The van der Waals surface area contributed by atoms with Crippen molar-refractivity contribution in [3.05, 3.63) is 78.5 Å². The van der Waals surface area contributed by atoms with Gasteiger partial charge in [-0.3, -0.25) is 4.98 Å². The second-order valence-corrected chi connectivity index (χ2v) is 8.60. The van der Waals surface area contributed by atoms with E-state index < -0.39 is 21.5 Å². The molecule has 4 aromatic rings. The molecule has 0 fully saturated rings. The van der Waals surface area contributed by atoms with E-state index in [0.717, 1.165) is 0 Å². The van der Waals surface area contributed by atoms with Crippen molar-refractivity contribution in [2.24, 2.45) is 0 Å². The minimum Gasteiger partial charge on any atom is -0.493 e. The number of hydrogen-bond acceptors (Lipinski definition) is 5. The summed E-state index contributed by atoms with van der Waals surface area (Å²) in [6.45, 7) is 0. The second-order valence-electron chi connectivity index (χ2n) is 6.69. The van der Waals surface area contributed by atoms with Gasteiger partial charge in [-0.2, -0.15) is 0 Å². The predicted octanol–water partition coefficient (Wildman–Crippen LogP) is 5.03. The summed E-state index contributed by atoms with van der Waals surface area (Å²) in [6, 6.07) is 13.5. The Morgan fingerprint density at radius 1 is 0.806 bits per heavy atom. The van der Waals surface area contributed by atoms with Crippen molar-refractivity contribution in [2.75, 3.05) is 14.2 Å². The number of aromatic nitrogens is 1. The first-order chi connectivity index (χ1) is 14.8. The van der Waals surface area contributed by atoms with Crippen LogP contribution in [0.4, 0.5) is 8.78 Å². The molecule has 3 aromatic carbocycles. The molecule has 0 N–H and O–H groups in total. The minimum atomic E-state index is -4.10. The van der Waals surface area contributed by atoms with Crippen molar-refractivity contribution < 1.29 is 26.7 Å². The van der Waals surface area contributed by atoms with Gasteiger partial charge >= 0.3 is 0 Å². The smallest absolute Gasteiger partial charge is 0.208 e. The number of pyridine rings is 1. The topological polar surface area (TPSA) is 65.5 Å². The number of fused-ring (bicyclic) bond motifs is 1. The summed E-state index contributed by atoms with van der Waals surface area (Å²) in [4.78, 5) is 4.03. The quantitative estimate of drug-likeness (QED) is 0.435. The monoisotopic (exact) mass is 441 g/mol. The van der Waals surface area contributed by atoms with E-state index in [2.05, 4.69) is 4.98 Å². The van der Waals surface area contributed by atoms with Crippen LogP contribution in [-0.4, -0.2) is 27.6 Å². The van der Waals surface area contributed by atoms with E-state index in [9.17, 15) is 17.2 Å². The summed E-state index contributed by atoms with van der Waals surface area (Å²) in [6.07, 6.45) is 1.23. The largest absolute Gasteiger partial charge is 0.493 e. The molecule has 31 heavy (non-hydrogen) atoms. The van der Waals surface area contributed by atoms with Crippen LogP contribution in [0.25, 0.3) is 22.0 Å². The second kappa shape index (κ2) is 7.96. The molecule has 1 heterocycles. The van der Waals surface area contributed by atoms with Crippen molar-refractivity contribution >= 4 is 20.7 Å². The Morgan fingerprint density at radius 3 is 2.16 bits per heavy atom. The number of rotatable bonds is 5. The van der Waals surface area contributed by atoms with Gasteiger partial charge in [0.1, 0.15) is 11.6 Å². The summed E-state index contributed by atoms with van der Waals surface area (Å²) < 4.78 is 65.2. The Hall–Kier alpha value is -3.52. The lowest BCUT2D eigenvalue weighted by atomic mass is 10.0. The first kappa shape index (κ1) is 20.7. The maximum absolute atomic E-state index is 14.1. The molecule has 0 bridgehead atoms. The lowest BCUT2D eigenvalue weighted by Crippen LogP contribution is -2.06. The van der Waals surface area contributed by atoms with Gasteiger partial charge in [0.15, 0.2) is 11.5 Å². The number of nitrogens with zero attached hydrogens (tertiary/aromatic N) is 1. The van der Waals surface area contributed by atoms with E-state index in [4.69, 9.17) is 9.47 Å². The van der Waals surface area contributed by atoms with E-state index in [1.807, 2.05) is 0 Å². The molecule has 0 aliphatic carbocycles. The first-order valence-electron chi connectivity index (χ1n) is 9.16. The summed E-state index contributed by atoms with van der Waals surface area (Å²) in [7, 11) is -1.26. The molecule has 8 heteroatoms. The number of benzene rings is 3. The Bertz CT molecular complexity index is 1390. The van der Waals surface area contributed by atoms with Gasteiger partial charge in [0.25, 0.3) is 0 Å². The summed E-state index contributed by atoms with van der Waals surface area (Å²) in [5.74, 6) is -0.401. The van der Waals surface area contributed by atoms with E-state index in [-0.39, 0.29) is 21.1 Å². The average molecular weight is 441 g/mol. The molecule has 0 spiro atoms. The van der Waals surface area contributed by atoms with Gasteiger partial charge in [0.05, 0.1) is 29.5 Å². The molecular formula is C23H17F2NO4S. The van der Waals surface area contributed by atoms with Crippen molar-refractivity contribution in [1.29, 1.82) is 0 Å². The fourth-order valence-electron chi connectivity index (χ4n) is 3.38. The fourth-order valence-corrected chi connectivity index (χ4v) is 4.83. The number of hydrogen-bond donors (Lipinski definition) is 0. The highest BCUT2D eigenvalue weighted by atomic mass is 32.2. The van der Waals surface area contributed by atoms with Crippen LogP contribution in [0.5, 0.6) is 11.5 Å². The van der Waals surface area contributed by atoms with Crippen molar-refractivity contribution in [3.63, 3.8) is 0 Å². The lowest BCUT2D eigenvalue weighted by Gasteiger charge is -2.15. The van der Waals surface area contributed by atoms with E-state index in [1.165, 1.54) is 81.1 Å². The third-order valence-corrected chi connectivity index (χ3v) is 6.65. The zero-order valence-corrected chi connectivity index (χ0v) is 17.4. The van der Waals surface area contributed by atoms with Crippen molar-refractivity contribution in [2.45, 2.75) is 9.79 Å². The molecule has 0 radical (unpaired) electrons. The molecule has 0 aliphatic rings. The molecule has 0 unspecified atom stereocenters. The molecule has 0 saturated carbocycles. The van der Waals surface area contributed by atoms with Crippen LogP contribution in [0, 0.1) is 11.6 Å². The predicted molar refractivity (Wildman–Crippen MR) is 112 cm³/mol. The third kappa shape index (κ3) is 3.70. The van der Waals surface area contributed by atoms with Gasteiger partial charge in [-0.25, -0.2) is 17.2 Å². The summed E-state index contributed by atoms with van der Waals surface area (Å²) >= 11 is 0. The van der Waals surface area contributed by atoms with E-state index in [0.29, 0.717) is 22.2 Å². The maximum atomic E-state index is 14.1. The van der Waals surface area contributed by atoms with Gasteiger partial charge in [0, 0.05) is 23.2 Å². The molecule has 0 saturated heterocycles. The number of ether oxygens (including phenoxy) is 2. The normalized spacial score (nSPS) is 11.5. The molecule has 1 aromatic heterocycles. The van der Waals surface area contributed by atoms with Gasteiger partial charge in [-0.15, -0.1) is 0 Å². The molecule has 4 rings (SSSR count). The Labute approximate surface area is 177 Å². The zero-order valence-electron chi connectivity index (χ0n) is 16.6. The average Bonchev–Trinajstić information content (AvgIpc) is 2.78. The van der Waals surface area contributed by atoms with E-state index >= 15 is 0 Å². The molecule has 0 atom stereocenters. The third-order valence-electron chi connectivity index (χ3n) is 4.88. The molecule has 0 amide bonds. The first-order valence-corrected chi connectivity index (χ1v) is 10.6. The lowest BCUT2D eigenvalue weighted by molar-refractivity contribution is 0.354. The number of methoxy groups -OCH3 is 2. The molecule has 0 aliphatic heterocycles. The zero-order chi connectivity index (χ0) is 22.2. The van der Waals surface area contributed by atoms with E-state index in [1.54, 1.807) is 0 Å². The van der Waals surface area contributed by atoms with Crippen LogP contribution in [0.3, 0.4) is 0 Å². The van der Waals surface area contributed by atoms with Crippen LogP contribution in [0.1, 0.15) is 0 Å². The number of halogens is 2. The molecule has 5 nitrogen and oxygen atoms in total. The van der Waals surface area contributed by atoms with Crippen LogP contribution >= 0.6 is 0 Å². The van der Waals surface area contributed by atoms with Crippen LogP contribution < -0.4 is 9.47 Å². The summed E-state index contributed by atoms with van der Waals surface area (Å²) in [5, 5.41) is 0.299. The SMILES string of the molecule is COc1ccc(S(=O)(=O)c2cnc3ccc(F)cc3c2-c2ccc(F)cc2)cc1OC. The van der Waals surface area contributed by atoms with Gasteiger partial charge in [-0.05, 0) is 48.0 Å². The highest BCUT2D eigenvalue weighted by Gasteiger charge is 2.26. The Balaban J connectivity index is 2.03. The maximum Gasteiger partial charge on any atom is 0.208 e. The molecule has 158 valence electrons. The highest BCUT2D eigenvalue weighted by Crippen LogP contribution is 2.38. The van der Waals surface area contributed by atoms with Gasteiger partial charge < -0.3 is 9.47 Å².